The molecule has 1 heterocycles. The number of nitrogens with zero attached hydrogens (tertiary/aromatic N) is 2. The number of rotatable bonds is 2. The summed E-state index contributed by atoms with van der Waals surface area (Å²) in [6, 6.07) is 0. The molecule has 1 aliphatic rings. The first-order valence-corrected chi connectivity index (χ1v) is 5.13. The molecule has 0 radical (unpaired) electrons. The minimum Gasteiger partial charge on any atom is -0.361 e. The molecule has 0 aromatic heterocycles. The Kier molecular flexibility index (Phi) is 3.50. The fourth-order valence-electron chi connectivity index (χ4n) is 1.99. The van der Waals surface area contributed by atoms with Gasteiger partial charge in [-0.2, -0.15) is 0 Å². The van der Waals surface area contributed by atoms with Crippen molar-refractivity contribution in [3.63, 3.8) is 0 Å². The molecule has 0 saturated carbocycles. The van der Waals surface area contributed by atoms with Crippen molar-refractivity contribution < 1.29 is 9.59 Å². The number of hydrogen-bond acceptors (Lipinski definition) is 4. The Bertz CT molecular complexity index is 293. The van der Waals surface area contributed by atoms with E-state index < -0.39 is 0 Å². The highest BCUT2D eigenvalue weighted by molar-refractivity contribution is 6.18. The average molecular weight is 210 g/mol. The van der Waals surface area contributed by atoms with Crippen LogP contribution in [0.4, 0.5) is 0 Å². The summed E-state index contributed by atoms with van der Waals surface area (Å²) in [6.45, 7) is 4.67. The molecular formula is C11H18N2O2. The van der Waals surface area contributed by atoms with Crippen molar-refractivity contribution in [1.82, 2.24) is 9.80 Å². The first kappa shape index (κ1) is 11.8. The monoisotopic (exact) mass is 210 g/mol. The van der Waals surface area contributed by atoms with Gasteiger partial charge in [0.05, 0.1) is 0 Å². The van der Waals surface area contributed by atoms with E-state index >= 15 is 0 Å². The van der Waals surface area contributed by atoms with Gasteiger partial charge in [0.25, 0.3) is 0 Å². The number of ketones is 2. The van der Waals surface area contributed by atoms with E-state index in [1.165, 1.54) is 13.8 Å². The SMILES string of the molecule is CC(=O)C(C(C)=O)=C1N(C)CCCN1C. The molecule has 0 aliphatic carbocycles. The van der Waals surface area contributed by atoms with Crippen LogP contribution in [0.25, 0.3) is 0 Å². The number of Topliss-reactive ketones (excluding diaryl/α,β-unsaturated/α-hetero) is 2. The summed E-state index contributed by atoms with van der Waals surface area (Å²) in [6.07, 6.45) is 1.06. The number of carbonyl (C=O) groups is 2. The molecule has 1 rings (SSSR count). The van der Waals surface area contributed by atoms with Crippen LogP contribution in [0, 0.1) is 0 Å². The molecule has 0 amide bonds. The van der Waals surface area contributed by atoms with Gasteiger partial charge in [0.2, 0.25) is 0 Å². The largest absolute Gasteiger partial charge is 0.361 e. The van der Waals surface area contributed by atoms with E-state index in [0.717, 1.165) is 25.3 Å². The van der Waals surface area contributed by atoms with E-state index in [2.05, 4.69) is 0 Å². The molecule has 0 aromatic carbocycles. The number of carbonyl (C=O) groups excluding carboxylic acids is 2. The van der Waals surface area contributed by atoms with Crippen molar-refractivity contribution in [2.75, 3.05) is 27.2 Å². The average Bonchev–Trinajstić information content (AvgIpc) is 2.09. The molecule has 0 bridgehead atoms. The third kappa shape index (κ3) is 2.37. The Morgan fingerprint density at radius 1 is 1.00 bits per heavy atom. The second kappa shape index (κ2) is 4.47. The topological polar surface area (TPSA) is 40.6 Å². The molecule has 1 aliphatic heterocycles. The molecule has 0 N–H and O–H groups in total. The van der Waals surface area contributed by atoms with Gasteiger partial charge in [-0.15, -0.1) is 0 Å². The highest BCUT2D eigenvalue weighted by atomic mass is 16.1. The fraction of sp³-hybridized carbons (Fsp3) is 0.636. The van der Waals surface area contributed by atoms with Crippen LogP contribution < -0.4 is 0 Å². The van der Waals surface area contributed by atoms with Crippen molar-refractivity contribution >= 4 is 11.6 Å². The van der Waals surface area contributed by atoms with Crippen molar-refractivity contribution in [1.29, 1.82) is 0 Å². The lowest BCUT2D eigenvalue weighted by Gasteiger charge is -2.37. The second-order valence-corrected chi connectivity index (χ2v) is 4.01. The third-order valence-electron chi connectivity index (χ3n) is 2.64. The van der Waals surface area contributed by atoms with Gasteiger partial charge < -0.3 is 9.80 Å². The predicted octanol–water partition coefficient (Wildman–Crippen LogP) is 0.643. The van der Waals surface area contributed by atoms with Crippen LogP contribution in [0.5, 0.6) is 0 Å². The summed E-state index contributed by atoms with van der Waals surface area (Å²) in [5, 5.41) is 0. The molecule has 84 valence electrons. The maximum atomic E-state index is 11.4. The smallest absolute Gasteiger partial charge is 0.167 e. The molecular weight excluding hydrogens is 192 g/mol. The van der Waals surface area contributed by atoms with Gasteiger partial charge in [-0.05, 0) is 20.3 Å². The maximum Gasteiger partial charge on any atom is 0.167 e. The van der Waals surface area contributed by atoms with E-state index in [1.54, 1.807) is 0 Å². The van der Waals surface area contributed by atoms with E-state index in [4.69, 9.17) is 0 Å². The van der Waals surface area contributed by atoms with Crippen molar-refractivity contribution in [3.05, 3.63) is 11.4 Å². The zero-order chi connectivity index (χ0) is 11.6. The summed E-state index contributed by atoms with van der Waals surface area (Å²) in [7, 11) is 3.83. The van der Waals surface area contributed by atoms with Gasteiger partial charge >= 0.3 is 0 Å². The van der Waals surface area contributed by atoms with E-state index in [-0.39, 0.29) is 11.6 Å². The van der Waals surface area contributed by atoms with Gasteiger partial charge in [-0.3, -0.25) is 9.59 Å². The highest BCUT2D eigenvalue weighted by Crippen LogP contribution is 2.19. The van der Waals surface area contributed by atoms with Gasteiger partial charge in [-0.25, -0.2) is 0 Å². The Hall–Kier alpha value is -1.32. The fourth-order valence-corrected chi connectivity index (χ4v) is 1.99. The lowest BCUT2D eigenvalue weighted by Crippen LogP contribution is -2.40. The van der Waals surface area contributed by atoms with Crippen LogP contribution in [0.2, 0.25) is 0 Å². The summed E-state index contributed by atoms with van der Waals surface area (Å²) >= 11 is 0. The molecule has 15 heavy (non-hydrogen) atoms. The Labute approximate surface area is 90.5 Å². The first-order valence-electron chi connectivity index (χ1n) is 5.13. The molecule has 1 saturated heterocycles. The lowest BCUT2D eigenvalue weighted by molar-refractivity contribution is -0.119. The van der Waals surface area contributed by atoms with Crippen molar-refractivity contribution in [3.8, 4) is 0 Å². The molecule has 0 atom stereocenters. The van der Waals surface area contributed by atoms with Crippen molar-refractivity contribution in [2.24, 2.45) is 0 Å². The summed E-state index contributed by atoms with van der Waals surface area (Å²) in [4.78, 5) is 26.8. The normalized spacial score (nSPS) is 16.7. The van der Waals surface area contributed by atoms with E-state index in [1.807, 2.05) is 23.9 Å². The Balaban J connectivity index is 3.20. The van der Waals surface area contributed by atoms with E-state index in [9.17, 15) is 9.59 Å². The lowest BCUT2D eigenvalue weighted by atomic mass is 10.1. The molecule has 0 unspecified atom stereocenters. The standard InChI is InChI=1S/C11H18N2O2/c1-8(14)10(9(2)15)11-12(3)6-5-7-13(11)4/h5-7H2,1-4H3. The second-order valence-electron chi connectivity index (χ2n) is 4.01. The Morgan fingerprint density at radius 3 is 1.73 bits per heavy atom. The zero-order valence-electron chi connectivity index (χ0n) is 9.83. The zero-order valence-corrected chi connectivity index (χ0v) is 9.83. The molecule has 4 heteroatoms. The molecule has 0 aromatic rings. The van der Waals surface area contributed by atoms with Gasteiger partial charge in [-0.1, -0.05) is 0 Å². The summed E-state index contributed by atoms with van der Waals surface area (Å²) in [5.74, 6) is 0.456. The van der Waals surface area contributed by atoms with Crippen LogP contribution in [0.15, 0.2) is 11.4 Å². The number of hydrogen-bond donors (Lipinski definition) is 0. The first-order chi connectivity index (χ1) is 6.95. The van der Waals surface area contributed by atoms with Gasteiger partial charge in [0.15, 0.2) is 11.6 Å². The van der Waals surface area contributed by atoms with Gasteiger partial charge in [0, 0.05) is 27.2 Å². The van der Waals surface area contributed by atoms with Crippen LogP contribution in [-0.4, -0.2) is 48.6 Å². The van der Waals surface area contributed by atoms with Gasteiger partial charge in [0.1, 0.15) is 11.4 Å². The van der Waals surface area contributed by atoms with Crippen molar-refractivity contribution in [2.45, 2.75) is 20.3 Å². The van der Waals surface area contributed by atoms with E-state index in [0.29, 0.717) is 5.57 Å². The van der Waals surface area contributed by atoms with Crippen LogP contribution in [-0.2, 0) is 9.59 Å². The maximum absolute atomic E-state index is 11.4. The summed E-state index contributed by atoms with van der Waals surface area (Å²) < 4.78 is 0. The Morgan fingerprint density at radius 2 is 1.40 bits per heavy atom. The molecule has 1 fully saturated rings. The quantitative estimate of drug-likeness (QED) is 0.381. The van der Waals surface area contributed by atoms with Crippen LogP contribution in [0.3, 0.4) is 0 Å². The minimum atomic E-state index is -0.155. The van der Waals surface area contributed by atoms with Crippen LogP contribution in [0.1, 0.15) is 20.3 Å². The molecule has 0 spiro atoms. The molecule has 4 nitrogen and oxygen atoms in total. The van der Waals surface area contributed by atoms with Crippen LogP contribution >= 0.6 is 0 Å². The third-order valence-corrected chi connectivity index (χ3v) is 2.64. The number of allylic oxidation sites excluding steroid dienone is 1. The highest BCUT2D eigenvalue weighted by Gasteiger charge is 2.24. The summed E-state index contributed by atoms with van der Waals surface area (Å²) in [5.41, 5.74) is 0.319. The minimum absolute atomic E-state index is 0.155. The predicted molar refractivity (Wildman–Crippen MR) is 58.3 cm³/mol.